The number of amides is 1. The molecule has 10 heteroatoms. The first-order valence-corrected chi connectivity index (χ1v) is 17.6. The van der Waals surface area contributed by atoms with E-state index in [-0.39, 0.29) is 69.5 Å². The summed E-state index contributed by atoms with van der Waals surface area (Å²) in [5, 5.41) is 2.47. The molecule has 1 aliphatic carbocycles. The molecule has 0 aliphatic heterocycles. The number of ketones is 2. The summed E-state index contributed by atoms with van der Waals surface area (Å²) in [6.07, 6.45) is -0.328. The average Bonchev–Trinajstić information content (AvgIpc) is 3.25. The Kier molecular flexibility index (Phi) is 12.0. The van der Waals surface area contributed by atoms with Gasteiger partial charge in [-0.05, 0) is 28.3 Å². The van der Waals surface area contributed by atoms with E-state index >= 15 is 0 Å². The molecule has 0 saturated carbocycles. The fraction of sp³-hybridized carbons (Fsp3) is 0.452. The lowest BCUT2D eigenvalue weighted by Crippen LogP contribution is -2.30. The van der Waals surface area contributed by atoms with Crippen LogP contribution in [0.3, 0.4) is 0 Å². The Hall–Kier alpha value is -3.63. The zero-order valence-corrected chi connectivity index (χ0v) is 25.0. The van der Waals surface area contributed by atoms with Crippen LogP contribution < -0.4 is 5.32 Å². The summed E-state index contributed by atoms with van der Waals surface area (Å²) in [5.74, 6) is -2.16. The third-order valence-electron chi connectivity index (χ3n) is 6.69. The van der Waals surface area contributed by atoms with E-state index in [0.717, 1.165) is 28.3 Å². The molecule has 0 unspecified atom stereocenters. The molecular formula is C31H39NO8Si. The van der Waals surface area contributed by atoms with E-state index in [2.05, 4.69) is 37.1 Å². The molecule has 0 heterocycles. The van der Waals surface area contributed by atoms with Gasteiger partial charge >= 0.3 is 11.9 Å². The van der Waals surface area contributed by atoms with Crippen molar-refractivity contribution in [1.82, 2.24) is 5.32 Å². The third-order valence-corrected chi connectivity index (χ3v) is 8.40. The minimum atomic E-state index is -1.30. The lowest BCUT2D eigenvalue weighted by molar-refractivity contribution is -0.149. The third kappa shape index (κ3) is 10.7. The Balaban J connectivity index is 1.26. The van der Waals surface area contributed by atoms with Crippen LogP contribution in [0, 0.1) is 0 Å². The van der Waals surface area contributed by atoms with Crippen LogP contribution in [0.5, 0.6) is 0 Å². The molecule has 0 atom stereocenters. The van der Waals surface area contributed by atoms with E-state index in [9.17, 15) is 24.0 Å². The first-order valence-electron chi connectivity index (χ1n) is 13.9. The number of carbonyl (C=O) groups is 5. The van der Waals surface area contributed by atoms with Crippen molar-refractivity contribution in [2.45, 2.75) is 57.3 Å². The number of benzene rings is 2. The van der Waals surface area contributed by atoms with Gasteiger partial charge in [0.15, 0.2) is 11.6 Å². The number of esters is 2. The predicted molar refractivity (Wildman–Crippen MR) is 156 cm³/mol. The Morgan fingerprint density at radius 3 is 1.98 bits per heavy atom. The fourth-order valence-electron chi connectivity index (χ4n) is 4.39. The van der Waals surface area contributed by atoms with Crippen molar-refractivity contribution in [3.63, 3.8) is 0 Å². The highest BCUT2D eigenvalue weighted by Crippen LogP contribution is 2.44. The van der Waals surface area contributed by atoms with Gasteiger partial charge in [0, 0.05) is 33.3 Å². The van der Waals surface area contributed by atoms with Crippen molar-refractivity contribution in [3.8, 4) is 11.1 Å². The van der Waals surface area contributed by atoms with Gasteiger partial charge in [-0.15, -0.1) is 0 Å². The van der Waals surface area contributed by atoms with Gasteiger partial charge in [0.05, 0.1) is 19.6 Å². The second kappa shape index (κ2) is 15.4. The number of hydrogen-bond donors (Lipinski definition) is 1. The van der Waals surface area contributed by atoms with Crippen LogP contribution in [0.4, 0.5) is 0 Å². The summed E-state index contributed by atoms with van der Waals surface area (Å²) >= 11 is 0. The molecule has 2 aromatic rings. The van der Waals surface area contributed by atoms with Crippen LogP contribution in [-0.2, 0) is 38.2 Å². The van der Waals surface area contributed by atoms with E-state index in [4.69, 9.17) is 14.2 Å². The van der Waals surface area contributed by atoms with E-state index in [1.807, 2.05) is 36.4 Å². The minimum absolute atomic E-state index is 0.0527. The van der Waals surface area contributed by atoms with Gasteiger partial charge in [-0.25, -0.2) is 4.79 Å². The molecule has 3 rings (SSSR count). The highest BCUT2D eigenvalue weighted by atomic mass is 28.3. The topological polar surface area (TPSA) is 125 Å². The zero-order valence-electron chi connectivity index (χ0n) is 24.0. The molecule has 1 N–H and O–H groups in total. The molecule has 0 aromatic heterocycles. The molecule has 0 radical (unpaired) electrons. The number of fused-ring (bicyclic) bond motifs is 3. The van der Waals surface area contributed by atoms with Gasteiger partial charge in [0.25, 0.3) is 0 Å². The molecule has 0 bridgehead atoms. The van der Waals surface area contributed by atoms with E-state index in [0.29, 0.717) is 6.61 Å². The van der Waals surface area contributed by atoms with E-state index in [1.54, 1.807) is 0 Å². The lowest BCUT2D eigenvalue weighted by atomic mass is 9.98. The molecule has 9 nitrogen and oxygen atoms in total. The molecule has 0 spiro atoms. The largest absolute Gasteiger partial charge is 0.465 e. The molecule has 2 aromatic carbocycles. The Labute approximate surface area is 241 Å². The first-order chi connectivity index (χ1) is 19.5. The van der Waals surface area contributed by atoms with Gasteiger partial charge in [-0.2, -0.15) is 0 Å². The fourth-order valence-corrected chi connectivity index (χ4v) is 5.10. The monoisotopic (exact) mass is 581 g/mol. The number of hydrogen-bond acceptors (Lipinski definition) is 8. The first kappa shape index (κ1) is 31.9. The number of nitrogens with one attached hydrogen (secondary N) is 1. The zero-order chi connectivity index (χ0) is 29.8. The van der Waals surface area contributed by atoms with Crippen molar-refractivity contribution in [2.24, 2.45) is 0 Å². The van der Waals surface area contributed by atoms with Crippen LogP contribution in [-0.4, -0.2) is 70.5 Å². The van der Waals surface area contributed by atoms with Crippen molar-refractivity contribution < 1.29 is 38.2 Å². The van der Waals surface area contributed by atoms with E-state index < -0.39 is 25.9 Å². The Morgan fingerprint density at radius 2 is 1.34 bits per heavy atom. The summed E-state index contributed by atoms with van der Waals surface area (Å²) in [6, 6.07) is 16.9. The normalized spacial score (nSPS) is 12.3. The quantitative estimate of drug-likeness (QED) is 0.219. The molecule has 1 amide bonds. The van der Waals surface area contributed by atoms with Crippen LogP contribution in [0.15, 0.2) is 48.5 Å². The maximum atomic E-state index is 12.3. The number of ether oxygens (including phenoxy) is 3. The summed E-state index contributed by atoms with van der Waals surface area (Å²) in [5.41, 5.74) is 4.50. The second-order valence-corrected chi connectivity index (χ2v) is 16.9. The molecule has 1 aliphatic rings. The second-order valence-electron chi connectivity index (χ2n) is 11.3. The number of Topliss-reactive ketones (excluding diaryl/α,β-unsaturated/α-hetero) is 2. The SMILES string of the molecule is C[Si](C)(C)CCOC(=O)COCC(=O)CCC(=O)NCC(=O)CCC(=O)OCC1c2ccccc2-c2ccccc21. The molecule has 0 fully saturated rings. The van der Waals surface area contributed by atoms with Crippen molar-refractivity contribution in [2.75, 3.05) is 33.0 Å². The van der Waals surface area contributed by atoms with Gasteiger partial charge in [-0.3, -0.25) is 19.2 Å². The standard InChI is InChI=1S/C31H39NO8Si/c1-41(2,3)17-16-39-31(37)21-38-19-23(34)12-14-29(35)32-18-22(33)13-15-30(36)40-20-28-26-10-6-4-8-24(26)25-9-5-7-11-27(25)28/h4-11,28H,12-21H2,1-3H3,(H,32,35). The van der Waals surface area contributed by atoms with Gasteiger partial charge in [0.2, 0.25) is 5.91 Å². The summed E-state index contributed by atoms with van der Waals surface area (Å²) in [7, 11) is -1.30. The maximum absolute atomic E-state index is 12.3. The van der Waals surface area contributed by atoms with E-state index in [1.165, 1.54) is 0 Å². The van der Waals surface area contributed by atoms with Crippen LogP contribution in [0.25, 0.3) is 11.1 Å². The summed E-state index contributed by atoms with van der Waals surface area (Å²) in [6.45, 7) is 6.21. The molecule has 220 valence electrons. The highest BCUT2D eigenvalue weighted by molar-refractivity contribution is 6.76. The summed E-state index contributed by atoms with van der Waals surface area (Å²) < 4.78 is 15.7. The van der Waals surface area contributed by atoms with Crippen molar-refractivity contribution >= 4 is 37.5 Å². The Bertz CT molecular complexity index is 1210. The van der Waals surface area contributed by atoms with Crippen LogP contribution in [0.1, 0.15) is 42.7 Å². The minimum Gasteiger partial charge on any atom is -0.465 e. The predicted octanol–water partition coefficient (Wildman–Crippen LogP) is 4.05. The maximum Gasteiger partial charge on any atom is 0.332 e. The summed E-state index contributed by atoms with van der Waals surface area (Å²) in [4.78, 5) is 60.0. The van der Waals surface area contributed by atoms with Crippen molar-refractivity contribution in [3.05, 3.63) is 59.7 Å². The smallest absolute Gasteiger partial charge is 0.332 e. The van der Waals surface area contributed by atoms with Crippen molar-refractivity contribution in [1.29, 1.82) is 0 Å². The number of rotatable bonds is 17. The van der Waals surface area contributed by atoms with Crippen LogP contribution >= 0.6 is 0 Å². The lowest BCUT2D eigenvalue weighted by Gasteiger charge is -2.15. The molecule has 0 saturated heterocycles. The van der Waals surface area contributed by atoms with Gasteiger partial charge < -0.3 is 19.5 Å². The molecular weight excluding hydrogens is 542 g/mol. The van der Waals surface area contributed by atoms with Gasteiger partial charge in [0.1, 0.15) is 19.8 Å². The molecule has 41 heavy (non-hydrogen) atoms. The average molecular weight is 582 g/mol. The highest BCUT2D eigenvalue weighted by Gasteiger charge is 2.29. The van der Waals surface area contributed by atoms with Gasteiger partial charge in [-0.1, -0.05) is 68.2 Å². The Morgan fingerprint density at radius 1 is 0.732 bits per heavy atom. The van der Waals surface area contributed by atoms with Crippen LogP contribution in [0.2, 0.25) is 25.7 Å². The number of carbonyl (C=O) groups excluding carboxylic acids is 5.